The van der Waals surface area contributed by atoms with Gasteiger partial charge in [0, 0.05) is 11.3 Å². The number of aryl methyl sites for hydroxylation is 2. The minimum atomic E-state index is -0.303. The molecule has 1 heterocycles. The van der Waals surface area contributed by atoms with E-state index < -0.39 is 0 Å². The molecule has 1 amide bonds. The smallest absolute Gasteiger partial charge is 0.257 e. The Balaban J connectivity index is 1.72. The molecule has 1 saturated carbocycles. The lowest BCUT2D eigenvalue weighted by molar-refractivity contribution is -0.105. The highest BCUT2D eigenvalue weighted by molar-refractivity contribution is 5.73. The van der Waals surface area contributed by atoms with E-state index in [2.05, 4.69) is 15.5 Å². The van der Waals surface area contributed by atoms with Crippen LogP contribution in [0.25, 0.3) is 11.5 Å². The monoisotopic (exact) mass is 351 g/mol. The van der Waals surface area contributed by atoms with E-state index >= 15 is 0 Å². The molecule has 0 spiro atoms. The summed E-state index contributed by atoms with van der Waals surface area (Å²) in [4.78, 5) is 15.3. The topological polar surface area (TPSA) is 68.0 Å². The fourth-order valence-corrected chi connectivity index (χ4v) is 3.71. The number of hydrogen-bond donors (Lipinski definition) is 1. The van der Waals surface area contributed by atoms with Gasteiger partial charge in [0.2, 0.25) is 6.41 Å². The first-order valence-corrected chi connectivity index (χ1v) is 8.45. The summed E-state index contributed by atoms with van der Waals surface area (Å²) >= 11 is 0. The maximum Gasteiger partial charge on any atom is 0.257 e. The molecule has 1 fully saturated rings. The number of anilines is 1. The van der Waals surface area contributed by atoms with Gasteiger partial charge in [-0.1, -0.05) is 5.16 Å². The van der Waals surface area contributed by atoms with Crippen LogP contribution in [-0.2, 0) is 10.2 Å². The number of hydrogen-bond acceptors (Lipinski definition) is 4. The predicted octanol–water partition coefficient (Wildman–Crippen LogP) is 4.14. The first-order chi connectivity index (χ1) is 12.5. The van der Waals surface area contributed by atoms with Crippen molar-refractivity contribution >= 4 is 12.1 Å². The number of rotatable bonds is 5. The fraction of sp³-hybridized carbons (Fsp3) is 0.250. The third kappa shape index (κ3) is 2.67. The standard InChI is InChI=1S/C20H18FN3O2/c1-12-9-16(22-11-25)10-13(2)17(12)20(7-8-20)19-23-18(26-24-19)14-3-5-15(21)6-4-14/h3-6,9-11H,7-8H2,1-2H3,(H,22,25). The summed E-state index contributed by atoms with van der Waals surface area (Å²) in [5, 5.41) is 6.91. The highest BCUT2D eigenvalue weighted by atomic mass is 19.1. The molecule has 0 atom stereocenters. The van der Waals surface area contributed by atoms with Crippen LogP contribution in [0.1, 0.15) is 35.4 Å². The molecule has 1 aliphatic carbocycles. The zero-order valence-electron chi connectivity index (χ0n) is 14.5. The zero-order chi connectivity index (χ0) is 18.3. The Morgan fingerprint density at radius 2 is 1.81 bits per heavy atom. The van der Waals surface area contributed by atoms with Gasteiger partial charge in [-0.3, -0.25) is 4.79 Å². The molecule has 132 valence electrons. The maximum absolute atomic E-state index is 13.1. The Kier molecular flexibility index (Phi) is 3.83. The molecule has 1 aromatic heterocycles. The normalized spacial score (nSPS) is 14.9. The number of carbonyl (C=O) groups is 1. The average Bonchev–Trinajstić information content (AvgIpc) is 3.23. The summed E-state index contributed by atoms with van der Waals surface area (Å²) in [5.74, 6) is 0.738. The first-order valence-electron chi connectivity index (χ1n) is 8.45. The molecule has 0 bridgehead atoms. The van der Waals surface area contributed by atoms with Gasteiger partial charge >= 0.3 is 0 Å². The Hall–Kier alpha value is -3.02. The van der Waals surface area contributed by atoms with Gasteiger partial charge in [0.15, 0.2) is 5.82 Å². The minimum absolute atomic E-state index is 0.254. The summed E-state index contributed by atoms with van der Waals surface area (Å²) in [6.45, 7) is 4.05. The number of aromatic nitrogens is 2. The van der Waals surface area contributed by atoms with Crippen molar-refractivity contribution < 1.29 is 13.7 Å². The summed E-state index contributed by atoms with van der Waals surface area (Å²) in [5.41, 5.74) is 4.56. The second-order valence-electron chi connectivity index (χ2n) is 6.76. The van der Waals surface area contributed by atoms with Crippen LogP contribution in [0.3, 0.4) is 0 Å². The average molecular weight is 351 g/mol. The third-order valence-corrected chi connectivity index (χ3v) is 4.93. The maximum atomic E-state index is 13.1. The highest BCUT2D eigenvalue weighted by Gasteiger charge is 2.51. The van der Waals surface area contributed by atoms with Gasteiger partial charge in [-0.05, 0) is 79.8 Å². The Labute approximate surface area is 150 Å². The van der Waals surface area contributed by atoms with Gasteiger partial charge in [0.05, 0.1) is 5.41 Å². The lowest BCUT2D eigenvalue weighted by atomic mass is 9.87. The largest absolute Gasteiger partial charge is 0.334 e. The molecule has 0 saturated heterocycles. The van der Waals surface area contributed by atoms with Crippen LogP contribution in [0.5, 0.6) is 0 Å². The highest BCUT2D eigenvalue weighted by Crippen LogP contribution is 2.54. The van der Waals surface area contributed by atoms with Crippen molar-refractivity contribution in [2.75, 3.05) is 5.32 Å². The van der Waals surface area contributed by atoms with Gasteiger partial charge in [0.1, 0.15) is 5.82 Å². The summed E-state index contributed by atoms with van der Waals surface area (Å²) < 4.78 is 18.5. The van der Waals surface area contributed by atoms with Gasteiger partial charge in [-0.2, -0.15) is 4.98 Å². The lowest BCUT2D eigenvalue weighted by Crippen LogP contribution is -2.15. The number of benzene rings is 2. The molecule has 4 rings (SSSR count). The summed E-state index contributed by atoms with van der Waals surface area (Å²) in [6, 6.07) is 9.92. The molecule has 5 nitrogen and oxygen atoms in total. The summed E-state index contributed by atoms with van der Waals surface area (Å²) in [7, 11) is 0. The molecule has 0 aliphatic heterocycles. The van der Waals surface area contributed by atoms with E-state index in [0.29, 0.717) is 23.7 Å². The third-order valence-electron chi connectivity index (χ3n) is 4.93. The Bertz CT molecular complexity index is 952. The molecule has 0 unspecified atom stereocenters. The first kappa shape index (κ1) is 16.4. The van der Waals surface area contributed by atoms with Crippen LogP contribution >= 0.6 is 0 Å². The van der Waals surface area contributed by atoms with Crippen molar-refractivity contribution in [2.24, 2.45) is 0 Å². The second-order valence-corrected chi connectivity index (χ2v) is 6.76. The Morgan fingerprint density at radius 1 is 1.15 bits per heavy atom. The number of amides is 1. The molecule has 6 heteroatoms. The van der Waals surface area contributed by atoms with Crippen molar-refractivity contribution in [3.8, 4) is 11.5 Å². The number of nitrogens with zero attached hydrogens (tertiary/aromatic N) is 2. The van der Waals surface area contributed by atoms with E-state index in [9.17, 15) is 9.18 Å². The van der Waals surface area contributed by atoms with Gasteiger partial charge in [-0.25, -0.2) is 4.39 Å². The number of carbonyl (C=O) groups excluding carboxylic acids is 1. The van der Waals surface area contributed by atoms with Crippen LogP contribution < -0.4 is 5.32 Å². The molecule has 1 aliphatic rings. The number of nitrogens with one attached hydrogen (secondary N) is 1. The fourth-order valence-electron chi connectivity index (χ4n) is 3.71. The minimum Gasteiger partial charge on any atom is -0.334 e. The van der Waals surface area contributed by atoms with E-state index in [-0.39, 0.29) is 11.2 Å². The van der Waals surface area contributed by atoms with Crippen LogP contribution in [0.15, 0.2) is 40.9 Å². The molecular weight excluding hydrogens is 333 g/mol. The quantitative estimate of drug-likeness (QED) is 0.702. The van der Waals surface area contributed by atoms with Crippen molar-refractivity contribution in [1.82, 2.24) is 10.1 Å². The van der Waals surface area contributed by atoms with Crippen LogP contribution in [0, 0.1) is 19.7 Å². The van der Waals surface area contributed by atoms with Crippen molar-refractivity contribution in [2.45, 2.75) is 32.1 Å². The molecule has 3 aromatic rings. The van der Waals surface area contributed by atoms with E-state index in [0.717, 1.165) is 29.7 Å². The van der Waals surface area contributed by atoms with E-state index in [4.69, 9.17) is 4.52 Å². The second kappa shape index (κ2) is 6.05. The van der Waals surface area contributed by atoms with Gasteiger partial charge in [0.25, 0.3) is 5.89 Å². The van der Waals surface area contributed by atoms with Crippen LogP contribution in [-0.4, -0.2) is 16.6 Å². The van der Waals surface area contributed by atoms with Crippen LogP contribution in [0.4, 0.5) is 10.1 Å². The van der Waals surface area contributed by atoms with E-state index in [1.54, 1.807) is 12.1 Å². The molecule has 1 N–H and O–H groups in total. The molecular formula is C20H18FN3O2. The zero-order valence-corrected chi connectivity index (χ0v) is 14.5. The summed E-state index contributed by atoms with van der Waals surface area (Å²) in [6.07, 6.45) is 2.56. The molecule has 2 aromatic carbocycles. The van der Waals surface area contributed by atoms with E-state index in [1.807, 2.05) is 26.0 Å². The molecule has 0 radical (unpaired) electrons. The number of halogens is 1. The van der Waals surface area contributed by atoms with Crippen LogP contribution in [0.2, 0.25) is 0 Å². The van der Waals surface area contributed by atoms with Gasteiger partial charge in [-0.15, -0.1) is 0 Å². The van der Waals surface area contributed by atoms with Gasteiger partial charge < -0.3 is 9.84 Å². The lowest BCUT2D eigenvalue weighted by Gasteiger charge is -2.19. The predicted molar refractivity (Wildman–Crippen MR) is 95.3 cm³/mol. The van der Waals surface area contributed by atoms with Crippen molar-refractivity contribution in [1.29, 1.82) is 0 Å². The van der Waals surface area contributed by atoms with Crippen molar-refractivity contribution in [3.63, 3.8) is 0 Å². The SMILES string of the molecule is Cc1cc(NC=O)cc(C)c1C1(c2noc(-c3ccc(F)cc3)n2)CC1. The van der Waals surface area contributed by atoms with Crippen molar-refractivity contribution in [3.05, 3.63) is 64.7 Å². The van der Waals surface area contributed by atoms with E-state index in [1.165, 1.54) is 17.7 Å². The Morgan fingerprint density at radius 3 is 2.38 bits per heavy atom. The molecule has 26 heavy (non-hydrogen) atoms.